The molecular weight excluding hydrogens is 268 g/mol. The normalized spacial score (nSPS) is 10.7. The van der Waals surface area contributed by atoms with Crippen LogP contribution in [-0.4, -0.2) is 10.9 Å². The molecule has 0 saturated carbocycles. The highest BCUT2D eigenvalue weighted by Gasteiger charge is 2.11. The van der Waals surface area contributed by atoms with Crippen LogP contribution in [-0.2, 0) is 0 Å². The Balaban J connectivity index is 2.09. The number of pyridine rings is 1. The monoisotopic (exact) mass is 280 g/mol. The van der Waals surface area contributed by atoms with Gasteiger partial charge in [0.2, 0.25) is 0 Å². The van der Waals surface area contributed by atoms with E-state index in [9.17, 15) is 4.79 Å². The molecule has 1 N–H and O–H groups in total. The molecule has 0 bridgehead atoms. The number of nitrogens with one attached hydrogen (secondary N) is 1. The first-order valence-electron chi connectivity index (χ1n) is 5.57. The van der Waals surface area contributed by atoms with Gasteiger partial charge in [0, 0.05) is 16.5 Å². The first kappa shape index (κ1) is 13.1. The highest BCUT2D eigenvalue weighted by atomic mass is 35.5. The van der Waals surface area contributed by atoms with E-state index in [2.05, 4.69) is 24.1 Å². The van der Waals surface area contributed by atoms with E-state index in [4.69, 9.17) is 11.6 Å². The maximum Gasteiger partial charge on any atom is 0.257 e. The van der Waals surface area contributed by atoms with Gasteiger partial charge in [-0.25, -0.2) is 4.98 Å². The number of halogens is 1. The number of thiophene rings is 1. The third-order valence-electron chi connectivity index (χ3n) is 2.42. The molecule has 0 saturated heterocycles. The number of hydrogen-bond donors (Lipinski definition) is 1. The number of hydrogen-bond acceptors (Lipinski definition) is 3. The lowest BCUT2D eigenvalue weighted by molar-refractivity contribution is 0.102. The third-order valence-corrected chi connectivity index (χ3v) is 3.88. The van der Waals surface area contributed by atoms with Gasteiger partial charge < -0.3 is 5.32 Å². The molecule has 0 fully saturated rings. The molecule has 0 aliphatic rings. The van der Waals surface area contributed by atoms with E-state index in [1.165, 1.54) is 11.1 Å². The molecular formula is C13H13ClN2OS. The predicted molar refractivity (Wildman–Crippen MR) is 75.6 cm³/mol. The molecule has 3 nitrogen and oxygen atoms in total. The first-order chi connectivity index (χ1) is 8.56. The Hall–Kier alpha value is -1.39. The van der Waals surface area contributed by atoms with Crippen molar-refractivity contribution in [3.8, 4) is 0 Å². The maximum atomic E-state index is 12.0. The largest absolute Gasteiger partial charge is 0.307 e. The van der Waals surface area contributed by atoms with Crippen LogP contribution in [0.15, 0.2) is 29.8 Å². The average molecular weight is 281 g/mol. The van der Waals surface area contributed by atoms with Gasteiger partial charge in [-0.05, 0) is 24.1 Å². The number of anilines is 1. The van der Waals surface area contributed by atoms with Gasteiger partial charge >= 0.3 is 0 Å². The molecule has 0 radical (unpaired) electrons. The zero-order valence-electron chi connectivity index (χ0n) is 10.1. The van der Waals surface area contributed by atoms with Crippen LogP contribution in [0.1, 0.15) is 35.0 Å². The summed E-state index contributed by atoms with van der Waals surface area (Å²) in [5.41, 5.74) is 0.667. The molecule has 0 aromatic carbocycles. The summed E-state index contributed by atoms with van der Waals surface area (Å²) in [6.45, 7) is 4.21. The second-order valence-corrected chi connectivity index (χ2v) is 5.59. The summed E-state index contributed by atoms with van der Waals surface area (Å²) in [5, 5.41) is 5.14. The van der Waals surface area contributed by atoms with Crippen LogP contribution < -0.4 is 5.32 Å². The minimum atomic E-state index is -0.145. The van der Waals surface area contributed by atoms with Crippen molar-refractivity contribution in [2.24, 2.45) is 0 Å². The summed E-state index contributed by atoms with van der Waals surface area (Å²) in [6, 6.07) is 5.29. The van der Waals surface area contributed by atoms with Crippen LogP contribution in [0.25, 0.3) is 0 Å². The second-order valence-electron chi connectivity index (χ2n) is 4.21. The number of carbonyl (C=O) groups is 1. The molecule has 5 heteroatoms. The molecule has 0 unspecified atom stereocenters. The zero-order chi connectivity index (χ0) is 13.1. The van der Waals surface area contributed by atoms with Crippen molar-refractivity contribution < 1.29 is 4.79 Å². The average Bonchev–Trinajstić information content (AvgIpc) is 2.81. The van der Waals surface area contributed by atoms with Gasteiger partial charge in [0.15, 0.2) is 0 Å². The van der Waals surface area contributed by atoms with Gasteiger partial charge in [-0.2, -0.15) is 0 Å². The highest BCUT2D eigenvalue weighted by molar-refractivity contribution is 7.10. The quantitative estimate of drug-likeness (QED) is 0.917. The molecule has 1 amide bonds. The van der Waals surface area contributed by atoms with E-state index in [-0.39, 0.29) is 5.91 Å². The Morgan fingerprint density at radius 1 is 1.44 bits per heavy atom. The molecule has 2 heterocycles. The van der Waals surface area contributed by atoms with Crippen LogP contribution in [0.4, 0.5) is 5.82 Å². The van der Waals surface area contributed by atoms with Crippen molar-refractivity contribution in [3.05, 3.63) is 45.2 Å². The number of rotatable bonds is 3. The zero-order valence-corrected chi connectivity index (χ0v) is 11.7. The molecule has 18 heavy (non-hydrogen) atoms. The fourth-order valence-corrected chi connectivity index (χ4v) is 2.43. The predicted octanol–water partition coefficient (Wildman–Crippen LogP) is 4.17. The van der Waals surface area contributed by atoms with Crippen molar-refractivity contribution in [2.75, 3.05) is 5.32 Å². The number of carbonyl (C=O) groups excluding carboxylic acids is 1. The maximum absolute atomic E-state index is 12.0. The minimum Gasteiger partial charge on any atom is -0.307 e. The van der Waals surface area contributed by atoms with Gasteiger partial charge in [0.05, 0.1) is 10.6 Å². The lowest BCUT2D eigenvalue weighted by Gasteiger charge is -2.02. The van der Waals surface area contributed by atoms with Crippen molar-refractivity contribution in [1.29, 1.82) is 0 Å². The Morgan fingerprint density at radius 3 is 2.78 bits per heavy atom. The van der Waals surface area contributed by atoms with E-state index >= 15 is 0 Å². The minimum absolute atomic E-state index is 0.145. The molecule has 2 aromatic heterocycles. The van der Waals surface area contributed by atoms with Gasteiger partial charge in [-0.15, -0.1) is 11.3 Å². The van der Waals surface area contributed by atoms with Crippen molar-refractivity contribution in [3.63, 3.8) is 0 Å². The summed E-state index contributed by atoms with van der Waals surface area (Å²) in [7, 11) is 0. The first-order valence-corrected chi connectivity index (χ1v) is 6.83. The van der Waals surface area contributed by atoms with E-state index in [0.29, 0.717) is 22.3 Å². The van der Waals surface area contributed by atoms with Crippen LogP contribution in [0.3, 0.4) is 0 Å². The number of nitrogens with zero attached hydrogens (tertiary/aromatic N) is 1. The summed E-state index contributed by atoms with van der Waals surface area (Å²) >= 11 is 7.33. The Morgan fingerprint density at radius 2 is 2.22 bits per heavy atom. The Kier molecular flexibility index (Phi) is 3.99. The molecule has 2 rings (SSSR count). The molecule has 0 spiro atoms. The molecule has 94 valence electrons. The Bertz CT molecular complexity index is 548. The van der Waals surface area contributed by atoms with E-state index in [1.807, 2.05) is 11.4 Å². The smallest absolute Gasteiger partial charge is 0.257 e. The van der Waals surface area contributed by atoms with Gasteiger partial charge in [0.1, 0.15) is 5.82 Å². The summed E-state index contributed by atoms with van der Waals surface area (Å²) < 4.78 is 0. The van der Waals surface area contributed by atoms with Gasteiger partial charge in [-0.3, -0.25) is 4.79 Å². The molecule has 0 aliphatic carbocycles. The third kappa shape index (κ3) is 3.09. The van der Waals surface area contributed by atoms with Crippen LogP contribution in [0.5, 0.6) is 0 Å². The van der Waals surface area contributed by atoms with E-state index in [1.54, 1.807) is 23.5 Å². The van der Waals surface area contributed by atoms with Gasteiger partial charge in [0.25, 0.3) is 5.91 Å². The summed E-state index contributed by atoms with van der Waals surface area (Å²) in [6.07, 6.45) is 1.50. The lowest BCUT2D eigenvalue weighted by Crippen LogP contribution is -2.11. The SMILES string of the molecule is CC(C)c1cc(C(=O)Nc2ccc(Cl)cn2)cs1. The molecule has 2 aromatic rings. The van der Waals surface area contributed by atoms with Crippen LogP contribution >= 0.6 is 22.9 Å². The highest BCUT2D eigenvalue weighted by Crippen LogP contribution is 2.23. The Labute approximate surface area is 115 Å². The number of aromatic nitrogens is 1. The lowest BCUT2D eigenvalue weighted by atomic mass is 10.1. The topological polar surface area (TPSA) is 42.0 Å². The summed E-state index contributed by atoms with van der Waals surface area (Å²) in [5.74, 6) is 0.792. The van der Waals surface area contributed by atoms with Crippen molar-refractivity contribution >= 4 is 34.7 Å². The van der Waals surface area contributed by atoms with Crippen molar-refractivity contribution in [2.45, 2.75) is 19.8 Å². The summed E-state index contributed by atoms with van der Waals surface area (Å²) in [4.78, 5) is 17.2. The van der Waals surface area contributed by atoms with Gasteiger partial charge in [-0.1, -0.05) is 25.4 Å². The fourth-order valence-electron chi connectivity index (χ4n) is 1.41. The number of amides is 1. The van der Waals surface area contributed by atoms with Crippen molar-refractivity contribution in [1.82, 2.24) is 4.98 Å². The fraction of sp³-hybridized carbons (Fsp3) is 0.231. The molecule has 0 aliphatic heterocycles. The van der Waals surface area contributed by atoms with Crippen LogP contribution in [0, 0.1) is 0 Å². The van der Waals surface area contributed by atoms with Crippen LogP contribution in [0.2, 0.25) is 5.02 Å². The van der Waals surface area contributed by atoms with E-state index in [0.717, 1.165) is 0 Å². The second kappa shape index (κ2) is 5.50. The molecule has 0 atom stereocenters. The standard InChI is InChI=1S/C13H13ClN2OS/c1-8(2)11-5-9(7-18-11)13(17)16-12-4-3-10(14)6-15-12/h3-8H,1-2H3,(H,15,16,17). The van der Waals surface area contributed by atoms with E-state index < -0.39 is 0 Å².